The summed E-state index contributed by atoms with van der Waals surface area (Å²) in [6.45, 7) is 8.21. The maximum atomic E-state index is 13.0. The molecule has 5 rings (SSSR count). The monoisotopic (exact) mass is 417 g/mol. The standard InChI is InChI=1S/C24H23N3O4/c1-11(2)13-5-7-14(8-6-13)17-18-23(27(12(3)4)26-24(18)30)25-19-15-9-10-16(28)20(29)21(15)31-22(17)19/h5-12,25,29H,1-4H3,(H,26,30). The number of fused-ring (bicyclic) bond motifs is 4. The normalized spacial score (nSPS) is 12.2. The van der Waals surface area contributed by atoms with Crippen LogP contribution in [-0.2, 0) is 0 Å². The van der Waals surface area contributed by atoms with E-state index in [1.165, 1.54) is 11.6 Å². The van der Waals surface area contributed by atoms with Crippen LogP contribution < -0.4 is 11.0 Å². The van der Waals surface area contributed by atoms with Gasteiger partial charge in [-0.1, -0.05) is 38.1 Å². The second kappa shape index (κ2) is 6.63. The van der Waals surface area contributed by atoms with E-state index in [-0.39, 0.29) is 17.2 Å². The summed E-state index contributed by atoms with van der Waals surface area (Å²) in [5.41, 5.74) is 3.67. The lowest BCUT2D eigenvalue weighted by molar-refractivity contribution is 0.464. The van der Waals surface area contributed by atoms with Gasteiger partial charge in [-0.15, -0.1) is 0 Å². The number of hydrogen-bond donors (Lipinski definition) is 3. The van der Waals surface area contributed by atoms with Gasteiger partial charge in [-0.2, -0.15) is 0 Å². The molecule has 0 spiro atoms. The van der Waals surface area contributed by atoms with Crippen LogP contribution in [0.3, 0.4) is 0 Å². The number of furan rings is 1. The summed E-state index contributed by atoms with van der Waals surface area (Å²) < 4.78 is 7.80. The molecule has 0 fully saturated rings. The van der Waals surface area contributed by atoms with Crippen molar-refractivity contribution in [2.45, 2.75) is 39.7 Å². The van der Waals surface area contributed by atoms with Crippen LogP contribution in [0.15, 0.2) is 50.4 Å². The van der Waals surface area contributed by atoms with E-state index in [1.54, 1.807) is 10.7 Å². The maximum Gasteiger partial charge on any atom is 0.274 e. The number of benzene rings is 2. The summed E-state index contributed by atoms with van der Waals surface area (Å²) in [5, 5.41) is 14.3. The largest absolute Gasteiger partial charge is 0.502 e. The molecule has 0 atom stereocenters. The molecule has 0 unspecified atom stereocenters. The van der Waals surface area contributed by atoms with Crippen LogP contribution in [0.4, 0.5) is 0 Å². The number of aromatic amines is 2. The Hall–Kier alpha value is -3.74. The summed E-state index contributed by atoms with van der Waals surface area (Å²) in [6, 6.07) is 11.0. The minimum absolute atomic E-state index is 0.00915. The zero-order chi connectivity index (χ0) is 22.0. The number of hydrogen-bond acceptors (Lipinski definition) is 4. The zero-order valence-corrected chi connectivity index (χ0v) is 17.7. The average molecular weight is 417 g/mol. The second-order valence-electron chi connectivity index (χ2n) is 8.50. The van der Waals surface area contributed by atoms with Gasteiger partial charge < -0.3 is 14.5 Å². The minimum atomic E-state index is -0.511. The molecule has 2 aromatic carbocycles. The number of rotatable bonds is 3. The zero-order valence-electron chi connectivity index (χ0n) is 17.7. The molecule has 7 heteroatoms. The molecule has 31 heavy (non-hydrogen) atoms. The number of H-pyrrole nitrogens is 2. The fourth-order valence-electron chi connectivity index (χ4n) is 4.16. The first kappa shape index (κ1) is 19.2. The number of nitrogens with one attached hydrogen (secondary N) is 2. The highest BCUT2D eigenvalue weighted by Gasteiger charge is 2.24. The first-order valence-corrected chi connectivity index (χ1v) is 10.3. The third-order valence-electron chi connectivity index (χ3n) is 5.82. The summed E-state index contributed by atoms with van der Waals surface area (Å²) in [4.78, 5) is 28.3. The quantitative estimate of drug-likeness (QED) is 0.384. The Morgan fingerprint density at radius 1 is 0.968 bits per heavy atom. The Morgan fingerprint density at radius 3 is 2.32 bits per heavy atom. The topological polar surface area (TPSA) is 104 Å². The van der Waals surface area contributed by atoms with Gasteiger partial charge in [-0.05, 0) is 43.0 Å². The van der Waals surface area contributed by atoms with Crippen molar-refractivity contribution in [3.63, 3.8) is 0 Å². The number of aromatic hydroxyl groups is 1. The molecule has 0 bridgehead atoms. The molecule has 3 heterocycles. The summed E-state index contributed by atoms with van der Waals surface area (Å²) in [6.07, 6.45) is 0. The molecule has 0 saturated heterocycles. The third-order valence-corrected chi connectivity index (χ3v) is 5.82. The summed E-state index contributed by atoms with van der Waals surface area (Å²) in [5.74, 6) is -0.0595. The first-order valence-electron chi connectivity index (χ1n) is 10.3. The van der Waals surface area contributed by atoms with E-state index in [2.05, 4.69) is 23.9 Å². The second-order valence-corrected chi connectivity index (χ2v) is 8.50. The van der Waals surface area contributed by atoms with Gasteiger partial charge in [-0.3, -0.25) is 19.4 Å². The third kappa shape index (κ3) is 2.73. The maximum absolute atomic E-state index is 13.0. The molecule has 0 radical (unpaired) electrons. The van der Waals surface area contributed by atoms with Crippen molar-refractivity contribution in [1.82, 2.24) is 14.8 Å². The Bertz CT molecular complexity index is 1580. The van der Waals surface area contributed by atoms with Crippen LogP contribution in [0.25, 0.3) is 44.2 Å². The molecule has 0 amide bonds. The fourth-order valence-corrected chi connectivity index (χ4v) is 4.16. The summed E-state index contributed by atoms with van der Waals surface area (Å²) >= 11 is 0. The molecular weight excluding hydrogens is 394 g/mol. The van der Waals surface area contributed by atoms with E-state index < -0.39 is 11.2 Å². The van der Waals surface area contributed by atoms with Crippen LogP contribution in [0.5, 0.6) is 5.75 Å². The molecule has 0 saturated carbocycles. The SMILES string of the molecule is CC(C)c1ccc(-c2c3oc4c(O)c(=O)ccc4c3[nH]c3c2c(=O)[nH]n3C(C)C)cc1. The van der Waals surface area contributed by atoms with Crippen molar-refractivity contribution in [3.05, 3.63) is 62.5 Å². The average Bonchev–Trinajstić information content (AvgIpc) is 3.28. The summed E-state index contributed by atoms with van der Waals surface area (Å²) in [7, 11) is 0. The number of aromatic nitrogens is 3. The van der Waals surface area contributed by atoms with Gasteiger partial charge in [0.2, 0.25) is 11.2 Å². The van der Waals surface area contributed by atoms with Gasteiger partial charge in [0, 0.05) is 17.0 Å². The Kier molecular flexibility index (Phi) is 4.12. The van der Waals surface area contributed by atoms with Crippen molar-refractivity contribution in [2.75, 3.05) is 0 Å². The van der Waals surface area contributed by atoms with E-state index in [0.29, 0.717) is 39.0 Å². The smallest absolute Gasteiger partial charge is 0.274 e. The predicted octanol–water partition coefficient (Wildman–Crippen LogP) is 4.99. The van der Waals surface area contributed by atoms with Crippen molar-refractivity contribution < 1.29 is 9.52 Å². The van der Waals surface area contributed by atoms with Gasteiger partial charge in [0.15, 0.2) is 11.2 Å². The highest BCUT2D eigenvalue weighted by Crippen LogP contribution is 2.40. The Morgan fingerprint density at radius 2 is 1.68 bits per heavy atom. The lowest BCUT2D eigenvalue weighted by Crippen LogP contribution is -2.07. The number of phenols is 1. The Labute approximate surface area is 176 Å². The van der Waals surface area contributed by atoms with Crippen molar-refractivity contribution in [3.8, 4) is 16.9 Å². The lowest BCUT2D eigenvalue weighted by Gasteiger charge is -2.11. The van der Waals surface area contributed by atoms with E-state index in [4.69, 9.17) is 4.42 Å². The molecule has 0 aliphatic heterocycles. The van der Waals surface area contributed by atoms with Crippen molar-refractivity contribution >= 4 is 33.1 Å². The molecule has 3 N–H and O–H groups in total. The van der Waals surface area contributed by atoms with Gasteiger partial charge in [0.05, 0.1) is 10.9 Å². The number of pyridine rings is 1. The van der Waals surface area contributed by atoms with Crippen LogP contribution in [0.2, 0.25) is 0 Å². The van der Waals surface area contributed by atoms with E-state index in [0.717, 1.165) is 5.56 Å². The van der Waals surface area contributed by atoms with E-state index in [1.807, 2.05) is 38.1 Å². The molecule has 0 aliphatic rings. The van der Waals surface area contributed by atoms with Crippen molar-refractivity contribution in [2.24, 2.45) is 0 Å². The van der Waals surface area contributed by atoms with Gasteiger partial charge >= 0.3 is 0 Å². The molecule has 7 nitrogen and oxygen atoms in total. The van der Waals surface area contributed by atoms with Gasteiger partial charge in [-0.25, -0.2) is 0 Å². The Balaban J connectivity index is 1.99. The van der Waals surface area contributed by atoms with Gasteiger partial charge in [0.1, 0.15) is 5.65 Å². The predicted molar refractivity (Wildman–Crippen MR) is 122 cm³/mol. The number of phenolic OH excluding ortho intramolecular Hbond substituents is 1. The number of nitrogens with zero attached hydrogens (tertiary/aromatic N) is 1. The van der Waals surface area contributed by atoms with Crippen LogP contribution in [-0.4, -0.2) is 19.9 Å². The molecule has 5 aromatic rings. The highest BCUT2D eigenvalue weighted by atomic mass is 16.4. The molecule has 0 aliphatic carbocycles. The van der Waals surface area contributed by atoms with Crippen molar-refractivity contribution in [1.29, 1.82) is 0 Å². The molecule has 158 valence electrons. The fraction of sp³-hybridized carbons (Fsp3) is 0.250. The molecule has 3 aromatic heterocycles. The van der Waals surface area contributed by atoms with Crippen LogP contribution in [0, 0.1) is 0 Å². The van der Waals surface area contributed by atoms with Crippen LogP contribution in [0.1, 0.15) is 45.2 Å². The lowest BCUT2D eigenvalue weighted by atomic mass is 9.97. The van der Waals surface area contributed by atoms with E-state index >= 15 is 0 Å². The van der Waals surface area contributed by atoms with E-state index in [9.17, 15) is 14.7 Å². The minimum Gasteiger partial charge on any atom is -0.502 e. The first-order chi connectivity index (χ1) is 14.8. The molecular formula is C24H23N3O4. The highest BCUT2D eigenvalue weighted by molar-refractivity contribution is 6.15. The van der Waals surface area contributed by atoms with Gasteiger partial charge in [0.25, 0.3) is 5.56 Å². The van der Waals surface area contributed by atoms with Crippen LogP contribution >= 0.6 is 0 Å².